The van der Waals surface area contributed by atoms with Crippen molar-refractivity contribution < 1.29 is 14.3 Å². The van der Waals surface area contributed by atoms with Crippen molar-refractivity contribution in [3.05, 3.63) is 29.6 Å². The van der Waals surface area contributed by atoms with E-state index in [1.165, 1.54) is 12.1 Å². The summed E-state index contributed by atoms with van der Waals surface area (Å²) in [5.41, 5.74) is -0.0250. The predicted molar refractivity (Wildman–Crippen MR) is 75.1 cm³/mol. The fourth-order valence-corrected chi connectivity index (χ4v) is 2.70. The summed E-state index contributed by atoms with van der Waals surface area (Å²) < 4.78 is 13.7. The van der Waals surface area contributed by atoms with E-state index in [9.17, 15) is 14.3 Å². The molecule has 1 fully saturated rings. The Morgan fingerprint density at radius 3 is 2.79 bits per heavy atom. The maximum atomic E-state index is 13.7. The van der Waals surface area contributed by atoms with Crippen LogP contribution in [-0.4, -0.2) is 33.8 Å². The number of carbonyl (C=O) groups excluding carboxylic acids is 1. The van der Waals surface area contributed by atoms with E-state index in [-0.39, 0.29) is 22.6 Å². The van der Waals surface area contributed by atoms with Crippen LogP contribution in [0.4, 0.5) is 4.39 Å². The lowest BCUT2D eigenvalue weighted by Gasteiger charge is -2.41. The lowest BCUT2D eigenvalue weighted by Crippen LogP contribution is -2.48. The minimum atomic E-state index is -0.677. The number of benzene rings is 1. The smallest absolute Gasteiger partial charge is 0.256 e. The second-order valence-electron chi connectivity index (χ2n) is 5.64. The van der Waals surface area contributed by atoms with Crippen molar-refractivity contribution in [2.45, 2.75) is 25.1 Å². The van der Waals surface area contributed by atoms with E-state index in [0.717, 1.165) is 12.5 Å². The van der Waals surface area contributed by atoms with Crippen LogP contribution in [0, 0.1) is 11.2 Å². The van der Waals surface area contributed by atoms with Gasteiger partial charge < -0.3 is 10.0 Å². The first kappa shape index (κ1) is 14.3. The van der Waals surface area contributed by atoms with E-state index in [0.29, 0.717) is 17.9 Å². The first-order chi connectivity index (χ1) is 8.81. The molecule has 1 heterocycles. The van der Waals surface area contributed by atoms with Gasteiger partial charge in [0.15, 0.2) is 0 Å². The number of piperidine rings is 1. The third-order valence-electron chi connectivity index (χ3n) is 3.57. The molecule has 1 N–H and O–H groups in total. The molecule has 1 amide bonds. The summed E-state index contributed by atoms with van der Waals surface area (Å²) in [7, 11) is 0. The molecule has 1 aromatic rings. The van der Waals surface area contributed by atoms with Crippen molar-refractivity contribution in [3.63, 3.8) is 0 Å². The number of nitrogens with zero attached hydrogens (tertiary/aromatic N) is 1. The highest BCUT2D eigenvalue weighted by atomic mass is 79.9. The van der Waals surface area contributed by atoms with E-state index in [1.54, 1.807) is 4.90 Å². The lowest BCUT2D eigenvalue weighted by atomic mass is 9.84. The summed E-state index contributed by atoms with van der Waals surface area (Å²) in [6.45, 7) is 5.36. The largest absolute Gasteiger partial charge is 0.508 e. The number of amides is 1. The Labute approximate surface area is 120 Å². The predicted octanol–water partition coefficient (Wildman–Crippen LogP) is 3.17. The van der Waals surface area contributed by atoms with Gasteiger partial charge in [0.1, 0.15) is 11.6 Å². The minimum Gasteiger partial charge on any atom is -0.508 e. The van der Waals surface area contributed by atoms with Gasteiger partial charge in [0.05, 0.1) is 5.56 Å². The summed E-state index contributed by atoms with van der Waals surface area (Å²) in [6.07, 6.45) is 0.846. The van der Waals surface area contributed by atoms with Gasteiger partial charge in [-0.15, -0.1) is 0 Å². The average Bonchev–Trinajstić information content (AvgIpc) is 2.32. The molecule has 104 valence electrons. The molecular weight excluding hydrogens is 313 g/mol. The highest BCUT2D eigenvalue weighted by Gasteiger charge is 2.36. The van der Waals surface area contributed by atoms with Gasteiger partial charge in [0.25, 0.3) is 5.91 Å². The monoisotopic (exact) mass is 329 g/mol. The molecule has 0 spiro atoms. The normalized spacial score (nSPS) is 22.3. The van der Waals surface area contributed by atoms with Crippen LogP contribution in [0.2, 0.25) is 0 Å². The van der Waals surface area contributed by atoms with Crippen molar-refractivity contribution in [1.82, 2.24) is 4.90 Å². The topological polar surface area (TPSA) is 40.5 Å². The van der Waals surface area contributed by atoms with E-state index < -0.39 is 5.82 Å². The van der Waals surface area contributed by atoms with Crippen LogP contribution in [0.15, 0.2) is 18.2 Å². The van der Waals surface area contributed by atoms with Gasteiger partial charge in [-0.25, -0.2) is 4.39 Å². The van der Waals surface area contributed by atoms with E-state index in [1.807, 2.05) is 0 Å². The van der Waals surface area contributed by atoms with Crippen molar-refractivity contribution in [1.29, 1.82) is 0 Å². The highest BCUT2D eigenvalue weighted by Crippen LogP contribution is 2.35. The van der Waals surface area contributed by atoms with Crippen LogP contribution in [0.1, 0.15) is 30.6 Å². The molecule has 3 nitrogen and oxygen atoms in total. The van der Waals surface area contributed by atoms with E-state index in [2.05, 4.69) is 29.8 Å². The van der Waals surface area contributed by atoms with Gasteiger partial charge in [-0.3, -0.25) is 4.79 Å². The van der Waals surface area contributed by atoms with Crippen molar-refractivity contribution in [3.8, 4) is 5.75 Å². The number of aromatic hydroxyl groups is 1. The van der Waals surface area contributed by atoms with Gasteiger partial charge >= 0.3 is 0 Å². The molecule has 0 bridgehead atoms. The SMILES string of the molecule is CC1(C)CN(C(=O)c2ccc(O)cc2F)CCC1Br. The molecule has 0 radical (unpaired) electrons. The molecule has 1 atom stereocenters. The number of rotatable bonds is 1. The van der Waals surface area contributed by atoms with Gasteiger partial charge in [-0.1, -0.05) is 29.8 Å². The molecule has 1 aromatic carbocycles. The van der Waals surface area contributed by atoms with E-state index in [4.69, 9.17) is 0 Å². The fourth-order valence-electron chi connectivity index (χ4n) is 2.35. The molecule has 5 heteroatoms. The molecule has 1 aliphatic rings. The molecule has 0 saturated carbocycles. The number of likely N-dealkylation sites (tertiary alicyclic amines) is 1. The Balaban J connectivity index is 2.21. The maximum Gasteiger partial charge on any atom is 0.256 e. The van der Waals surface area contributed by atoms with Gasteiger partial charge in [-0.05, 0) is 24.0 Å². The molecular formula is C14H17BrFNO2. The third kappa shape index (κ3) is 2.91. The number of hydrogen-bond acceptors (Lipinski definition) is 2. The van der Waals surface area contributed by atoms with Crippen molar-refractivity contribution >= 4 is 21.8 Å². The number of halogens is 2. The molecule has 0 aromatic heterocycles. The van der Waals surface area contributed by atoms with Crippen molar-refractivity contribution in [2.75, 3.05) is 13.1 Å². The molecule has 0 aliphatic carbocycles. The minimum absolute atomic E-state index is 0.0154. The molecule has 2 rings (SSSR count). The Morgan fingerprint density at radius 2 is 2.21 bits per heavy atom. The molecule has 1 unspecified atom stereocenters. The summed E-state index contributed by atoms with van der Waals surface area (Å²) in [6, 6.07) is 3.63. The quantitative estimate of drug-likeness (QED) is 0.804. The standard InChI is InChI=1S/C14H17BrFNO2/c1-14(2)8-17(6-5-12(14)15)13(19)10-4-3-9(18)7-11(10)16/h3-4,7,12,18H,5-6,8H2,1-2H3. The highest BCUT2D eigenvalue weighted by molar-refractivity contribution is 9.09. The average molecular weight is 330 g/mol. The van der Waals surface area contributed by atoms with Crippen LogP contribution in [-0.2, 0) is 0 Å². The number of hydrogen-bond donors (Lipinski definition) is 1. The van der Waals surface area contributed by atoms with Crippen LogP contribution >= 0.6 is 15.9 Å². The van der Waals surface area contributed by atoms with Crippen LogP contribution in [0.5, 0.6) is 5.75 Å². The first-order valence-electron chi connectivity index (χ1n) is 6.23. The van der Waals surface area contributed by atoms with Crippen LogP contribution in [0.3, 0.4) is 0 Å². The number of alkyl halides is 1. The fraction of sp³-hybridized carbons (Fsp3) is 0.500. The van der Waals surface area contributed by atoms with E-state index >= 15 is 0 Å². The number of phenolic OH excluding ortho intramolecular Hbond substituents is 1. The molecule has 19 heavy (non-hydrogen) atoms. The second-order valence-corrected chi connectivity index (χ2v) is 6.74. The Bertz CT molecular complexity index is 504. The Hall–Kier alpha value is -1.10. The van der Waals surface area contributed by atoms with Crippen LogP contribution in [0.25, 0.3) is 0 Å². The maximum absolute atomic E-state index is 13.7. The van der Waals surface area contributed by atoms with Gasteiger partial charge in [-0.2, -0.15) is 0 Å². The Morgan fingerprint density at radius 1 is 1.53 bits per heavy atom. The Kier molecular flexibility index (Phi) is 3.85. The summed E-state index contributed by atoms with van der Waals surface area (Å²) in [5, 5.41) is 9.18. The zero-order valence-electron chi connectivity index (χ0n) is 11.0. The van der Waals surface area contributed by atoms with Crippen molar-refractivity contribution in [2.24, 2.45) is 5.41 Å². The van der Waals surface area contributed by atoms with Gasteiger partial charge in [0, 0.05) is 24.0 Å². The number of carbonyl (C=O) groups is 1. The summed E-state index contributed by atoms with van der Waals surface area (Å²) in [4.78, 5) is 14.3. The zero-order chi connectivity index (χ0) is 14.2. The molecule has 1 aliphatic heterocycles. The zero-order valence-corrected chi connectivity index (χ0v) is 12.6. The second kappa shape index (κ2) is 5.12. The van der Waals surface area contributed by atoms with Gasteiger partial charge in [0.2, 0.25) is 0 Å². The summed E-state index contributed by atoms with van der Waals surface area (Å²) in [5.74, 6) is -1.16. The number of phenols is 1. The first-order valence-corrected chi connectivity index (χ1v) is 7.15. The van der Waals surface area contributed by atoms with Crippen LogP contribution < -0.4 is 0 Å². The summed E-state index contributed by atoms with van der Waals surface area (Å²) >= 11 is 3.62. The lowest BCUT2D eigenvalue weighted by molar-refractivity contribution is 0.0597. The molecule has 1 saturated heterocycles. The third-order valence-corrected chi connectivity index (χ3v) is 5.27.